The van der Waals surface area contributed by atoms with E-state index in [2.05, 4.69) is 31.5 Å². The zero-order chi connectivity index (χ0) is 9.59. The zero-order valence-corrected chi connectivity index (χ0v) is 8.26. The molecular weight excluding hydrogens is 160 g/mol. The van der Waals surface area contributed by atoms with Crippen LogP contribution in [0.15, 0.2) is 18.2 Å². The molecule has 0 fully saturated rings. The van der Waals surface area contributed by atoms with E-state index in [9.17, 15) is 0 Å². The fraction of sp³-hybridized carbons (Fsp3) is 0.273. The van der Waals surface area contributed by atoms with Crippen LogP contribution in [-0.4, -0.2) is 4.57 Å². The molecule has 0 atom stereocenters. The van der Waals surface area contributed by atoms with Gasteiger partial charge in [0.2, 0.25) is 0 Å². The van der Waals surface area contributed by atoms with Crippen molar-refractivity contribution >= 4 is 16.6 Å². The monoisotopic (exact) mass is 174 g/mol. The van der Waals surface area contributed by atoms with Crippen molar-refractivity contribution in [2.75, 3.05) is 5.73 Å². The van der Waals surface area contributed by atoms with Crippen molar-refractivity contribution in [3.8, 4) is 0 Å². The van der Waals surface area contributed by atoms with E-state index in [1.807, 2.05) is 12.1 Å². The normalized spacial score (nSPS) is 11.0. The number of aromatic nitrogens is 1. The number of benzene rings is 1. The molecule has 2 nitrogen and oxygen atoms in total. The third-order valence-corrected chi connectivity index (χ3v) is 2.83. The van der Waals surface area contributed by atoms with Gasteiger partial charge in [0.1, 0.15) is 0 Å². The molecule has 0 unspecified atom stereocenters. The molecule has 0 amide bonds. The molecule has 0 aliphatic heterocycles. The molecule has 0 saturated heterocycles. The van der Waals surface area contributed by atoms with E-state index >= 15 is 0 Å². The Morgan fingerprint density at radius 3 is 2.62 bits per heavy atom. The van der Waals surface area contributed by atoms with E-state index in [4.69, 9.17) is 5.73 Å². The van der Waals surface area contributed by atoms with E-state index in [1.54, 1.807) is 0 Å². The van der Waals surface area contributed by atoms with Crippen molar-refractivity contribution in [1.82, 2.24) is 4.57 Å². The number of rotatable bonds is 0. The summed E-state index contributed by atoms with van der Waals surface area (Å²) in [4.78, 5) is 0. The van der Waals surface area contributed by atoms with Crippen molar-refractivity contribution < 1.29 is 0 Å². The number of aryl methyl sites for hydroxylation is 2. The molecule has 0 aliphatic carbocycles. The van der Waals surface area contributed by atoms with Gasteiger partial charge in [0.25, 0.3) is 0 Å². The maximum Gasteiger partial charge on any atom is 0.0503 e. The van der Waals surface area contributed by atoms with Gasteiger partial charge in [0.15, 0.2) is 0 Å². The van der Waals surface area contributed by atoms with Gasteiger partial charge in [-0.2, -0.15) is 0 Å². The highest BCUT2D eigenvalue weighted by molar-refractivity contribution is 5.87. The summed E-state index contributed by atoms with van der Waals surface area (Å²) in [5, 5.41) is 1.30. The molecule has 0 spiro atoms. The fourth-order valence-corrected chi connectivity index (χ4v) is 1.77. The van der Waals surface area contributed by atoms with E-state index in [-0.39, 0.29) is 0 Å². The number of fused-ring (bicyclic) bond motifs is 1. The molecular formula is C11H14N2. The predicted octanol–water partition coefficient (Wildman–Crippen LogP) is 2.38. The Morgan fingerprint density at radius 1 is 1.23 bits per heavy atom. The van der Waals surface area contributed by atoms with Crippen LogP contribution < -0.4 is 5.73 Å². The summed E-state index contributed by atoms with van der Waals surface area (Å²) < 4.78 is 2.18. The number of hydrogen-bond donors (Lipinski definition) is 1. The van der Waals surface area contributed by atoms with Crippen molar-refractivity contribution in [3.05, 3.63) is 29.5 Å². The largest absolute Gasteiger partial charge is 0.399 e. The molecule has 0 bridgehead atoms. The highest BCUT2D eigenvalue weighted by atomic mass is 14.9. The van der Waals surface area contributed by atoms with Crippen molar-refractivity contribution in [2.45, 2.75) is 13.8 Å². The van der Waals surface area contributed by atoms with E-state index < -0.39 is 0 Å². The van der Waals surface area contributed by atoms with E-state index in [1.165, 1.54) is 22.2 Å². The second kappa shape index (κ2) is 2.52. The number of nitrogen functional groups attached to an aromatic ring is 1. The molecule has 2 heteroatoms. The second-order valence-electron chi connectivity index (χ2n) is 3.55. The number of anilines is 1. The summed E-state index contributed by atoms with van der Waals surface area (Å²) in [6, 6.07) is 6.07. The third-order valence-electron chi connectivity index (χ3n) is 2.83. The van der Waals surface area contributed by atoms with Gasteiger partial charge >= 0.3 is 0 Å². The maximum atomic E-state index is 5.74. The molecule has 2 aromatic rings. The molecule has 2 rings (SSSR count). The first-order chi connectivity index (χ1) is 6.11. The van der Waals surface area contributed by atoms with Crippen LogP contribution in [-0.2, 0) is 7.05 Å². The molecule has 2 N–H and O–H groups in total. The summed E-state index contributed by atoms with van der Waals surface area (Å²) in [7, 11) is 2.07. The minimum atomic E-state index is 0.827. The Kier molecular flexibility index (Phi) is 1.59. The van der Waals surface area contributed by atoms with Crippen molar-refractivity contribution in [1.29, 1.82) is 0 Å². The Hall–Kier alpha value is -1.44. The Bertz CT molecular complexity index is 466. The topological polar surface area (TPSA) is 30.9 Å². The summed E-state index contributed by atoms with van der Waals surface area (Å²) in [5.41, 5.74) is 10.4. The Balaban J connectivity index is 2.95. The average molecular weight is 174 g/mol. The second-order valence-corrected chi connectivity index (χ2v) is 3.55. The number of nitrogens with two attached hydrogens (primary N) is 1. The SMILES string of the molecule is Cc1c(C)n(C)c2cc(N)ccc12. The lowest BCUT2D eigenvalue weighted by atomic mass is 10.1. The van der Waals surface area contributed by atoms with E-state index in [0.717, 1.165) is 5.69 Å². The molecule has 1 aromatic carbocycles. The molecule has 68 valence electrons. The van der Waals surface area contributed by atoms with Crippen LogP contribution in [0.4, 0.5) is 5.69 Å². The van der Waals surface area contributed by atoms with Gasteiger partial charge < -0.3 is 10.3 Å². The first kappa shape index (κ1) is 8.17. The first-order valence-corrected chi connectivity index (χ1v) is 4.42. The minimum absolute atomic E-state index is 0.827. The molecule has 0 aliphatic rings. The van der Waals surface area contributed by atoms with Gasteiger partial charge in [-0.15, -0.1) is 0 Å². The number of hydrogen-bond acceptors (Lipinski definition) is 1. The van der Waals surface area contributed by atoms with Gasteiger partial charge in [-0.25, -0.2) is 0 Å². The van der Waals surface area contributed by atoms with Gasteiger partial charge in [0, 0.05) is 23.8 Å². The lowest BCUT2D eigenvalue weighted by molar-refractivity contribution is 0.910. The quantitative estimate of drug-likeness (QED) is 0.611. The molecule has 0 radical (unpaired) electrons. The summed E-state index contributed by atoms with van der Waals surface area (Å²) >= 11 is 0. The fourth-order valence-electron chi connectivity index (χ4n) is 1.77. The Labute approximate surface area is 78.0 Å². The third kappa shape index (κ3) is 1.02. The Morgan fingerprint density at radius 2 is 1.92 bits per heavy atom. The van der Waals surface area contributed by atoms with Crippen LogP contribution in [0.2, 0.25) is 0 Å². The van der Waals surface area contributed by atoms with Gasteiger partial charge in [0.05, 0.1) is 5.52 Å². The van der Waals surface area contributed by atoms with Gasteiger partial charge in [-0.05, 0) is 31.5 Å². The highest BCUT2D eigenvalue weighted by Gasteiger charge is 2.07. The van der Waals surface area contributed by atoms with Crippen LogP contribution in [0.25, 0.3) is 10.9 Å². The molecule has 1 heterocycles. The van der Waals surface area contributed by atoms with Gasteiger partial charge in [-0.3, -0.25) is 0 Å². The summed E-state index contributed by atoms with van der Waals surface area (Å²) in [6.07, 6.45) is 0. The maximum absolute atomic E-state index is 5.74. The minimum Gasteiger partial charge on any atom is -0.399 e. The predicted molar refractivity (Wildman–Crippen MR) is 56.8 cm³/mol. The van der Waals surface area contributed by atoms with Crippen LogP contribution in [0.3, 0.4) is 0 Å². The lowest BCUT2D eigenvalue weighted by Gasteiger charge is -1.98. The lowest BCUT2D eigenvalue weighted by Crippen LogP contribution is -1.91. The van der Waals surface area contributed by atoms with Crippen LogP contribution in [0, 0.1) is 13.8 Å². The highest BCUT2D eigenvalue weighted by Crippen LogP contribution is 2.25. The van der Waals surface area contributed by atoms with Crippen LogP contribution >= 0.6 is 0 Å². The van der Waals surface area contributed by atoms with Crippen molar-refractivity contribution in [2.24, 2.45) is 7.05 Å². The number of nitrogens with zero attached hydrogens (tertiary/aromatic N) is 1. The van der Waals surface area contributed by atoms with Crippen molar-refractivity contribution in [3.63, 3.8) is 0 Å². The average Bonchev–Trinajstić information content (AvgIpc) is 2.32. The first-order valence-electron chi connectivity index (χ1n) is 4.42. The van der Waals surface area contributed by atoms with E-state index in [0.29, 0.717) is 0 Å². The zero-order valence-electron chi connectivity index (χ0n) is 8.26. The van der Waals surface area contributed by atoms with Crippen LogP contribution in [0.5, 0.6) is 0 Å². The standard InChI is InChI=1S/C11H14N2/c1-7-8(2)13(3)11-6-9(12)4-5-10(7)11/h4-6H,12H2,1-3H3. The smallest absolute Gasteiger partial charge is 0.0503 e. The summed E-state index contributed by atoms with van der Waals surface area (Å²) in [5.74, 6) is 0. The molecule has 0 saturated carbocycles. The summed E-state index contributed by atoms with van der Waals surface area (Å²) in [6.45, 7) is 4.28. The molecule has 1 aromatic heterocycles. The molecule has 13 heavy (non-hydrogen) atoms. The van der Waals surface area contributed by atoms with Crippen LogP contribution in [0.1, 0.15) is 11.3 Å². The van der Waals surface area contributed by atoms with Gasteiger partial charge in [-0.1, -0.05) is 6.07 Å².